The van der Waals surface area contributed by atoms with Gasteiger partial charge in [-0.3, -0.25) is 9.59 Å². The number of hydrogen-bond acceptors (Lipinski definition) is 3. The maximum absolute atomic E-state index is 13.9. The molecule has 4 nitrogen and oxygen atoms in total. The molecule has 0 saturated carbocycles. The SMILES string of the molecule is O=C([C@H]1CSCN1C(=O)c1cc(Cl)ccc1F)N1CCCC1. The minimum absolute atomic E-state index is 0.0294. The summed E-state index contributed by atoms with van der Waals surface area (Å²) in [6.45, 7) is 1.49. The molecule has 2 amide bonds. The lowest BCUT2D eigenvalue weighted by atomic mass is 10.1. The number of hydrogen-bond donors (Lipinski definition) is 0. The summed E-state index contributed by atoms with van der Waals surface area (Å²) in [5, 5.41) is 0.305. The highest BCUT2D eigenvalue weighted by molar-refractivity contribution is 7.99. The highest BCUT2D eigenvalue weighted by Gasteiger charge is 2.38. The number of benzene rings is 1. The molecule has 118 valence electrons. The summed E-state index contributed by atoms with van der Waals surface area (Å²) in [6.07, 6.45) is 2.00. The Balaban J connectivity index is 1.81. The fourth-order valence-corrected chi connectivity index (χ4v) is 4.13. The van der Waals surface area contributed by atoms with Gasteiger partial charge in [0.25, 0.3) is 5.91 Å². The van der Waals surface area contributed by atoms with Crippen LogP contribution in [0, 0.1) is 5.82 Å². The summed E-state index contributed by atoms with van der Waals surface area (Å²) in [4.78, 5) is 28.4. The minimum Gasteiger partial charge on any atom is -0.341 e. The van der Waals surface area contributed by atoms with Gasteiger partial charge < -0.3 is 9.80 Å². The lowest BCUT2D eigenvalue weighted by Gasteiger charge is -2.27. The number of carbonyl (C=O) groups excluding carboxylic acids is 2. The van der Waals surface area contributed by atoms with Crippen molar-refractivity contribution in [2.75, 3.05) is 24.7 Å². The van der Waals surface area contributed by atoms with Crippen molar-refractivity contribution in [3.05, 3.63) is 34.6 Å². The Morgan fingerprint density at radius 2 is 2.00 bits per heavy atom. The van der Waals surface area contributed by atoms with Crippen LogP contribution in [0.15, 0.2) is 18.2 Å². The van der Waals surface area contributed by atoms with E-state index in [0.29, 0.717) is 16.7 Å². The third kappa shape index (κ3) is 2.94. The summed E-state index contributed by atoms with van der Waals surface area (Å²) >= 11 is 7.36. The Morgan fingerprint density at radius 3 is 2.73 bits per heavy atom. The average Bonchev–Trinajstić information content (AvgIpc) is 3.19. The van der Waals surface area contributed by atoms with Crippen LogP contribution in [0.3, 0.4) is 0 Å². The Hall–Kier alpha value is -1.27. The second-order valence-corrected chi connectivity index (χ2v) is 6.88. The smallest absolute Gasteiger partial charge is 0.258 e. The number of nitrogens with zero attached hydrogens (tertiary/aromatic N) is 2. The van der Waals surface area contributed by atoms with Crippen molar-refractivity contribution in [3.63, 3.8) is 0 Å². The largest absolute Gasteiger partial charge is 0.341 e. The molecule has 7 heteroatoms. The van der Waals surface area contributed by atoms with E-state index in [4.69, 9.17) is 11.6 Å². The number of halogens is 2. The first-order valence-corrected chi connectivity index (χ1v) is 8.74. The van der Waals surface area contributed by atoms with Crippen molar-refractivity contribution >= 4 is 35.2 Å². The zero-order valence-corrected chi connectivity index (χ0v) is 13.5. The molecule has 0 radical (unpaired) electrons. The lowest BCUT2D eigenvalue weighted by Crippen LogP contribution is -2.48. The Kier molecular flexibility index (Phi) is 4.59. The molecular formula is C15H16ClFN2O2S. The molecule has 1 atom stereocenters. The average molecular weight is 343 g/mol. The number of amides is 2. The van der Waals surface area contributed by atoms with Crippen molar-refractivity contribution in [3.8, 4) is 0 Å². The standard InChI is InChI=1S/C15H16ClFN2O2S/c16-10-3-4-12(17)11(7-10)14(20)19-9-22-8-13(19)15(21)18-5-1-2-6-18/h3-4,7,13H,1-2,5-6,8-9H2/t13-/m1/s1. The maximum atomic E-state index is 13.9. The molecule has 2 heterocycles. The third-order valence-electron chi connectivity index (χ3n) is 4.00. The Bertz CT molecular complexity index is 607. The molecule has 2 aliphatic rings. The van der Waals surface area contributed by atoms with Crippen LogP contribution in [0.4, 0.5) is 4.39 Å². The van der Waals surface area contributed by atoms with Gasteiger partial charge in [-0.25, -0.2) is 4.39 Å². The maximum Gasteiger partial charge on any atom is 0.258 e. The second kappa shape index (κ2) is 6.46. The van der Waals surface area contributed by atoms with Crippen molar-refractivity contribution in [2.24, 2.45) is 0 Å². The Labute approximate surface area is 137 Å². The van der Waals surface area contributed by atoms with Crippen LogP contribution in [0.2, 0.25) is 5.02 Å². The molecule has 2 saturated heterocycles. The second-order valence-electron chi connectivity index (χ2n) is 5.45. The molecule has 0 spiro atoms. The van der Waals surface area contributed by atoms with Gasteiger partial charge >= 0.3 is 0 Å². The van der Waals surface area contributed by atoms with Crippen LogP contribution < -0.4 is 0 Å². The fourth-order valence-electron chi connectivity index (χ4n) is 2.81. The lowest BCUT2D eigenvalue weighted by molar-refractivity contribution is -0.133. The van der Waals surface area contributed by atoms with E-state index in [9.17, 15) is 14.0 Å². The van der Waals surface area contributed by atoms with E-state index >= 15 is 0 Å². The van der Waals surface area contributed by atoms with Gasteiger partial charge in [-0.05, 0) is 31.0 Å². The van der Waals surface area contributed by atoms with E-state index in [-0.39, 0.29) is 11.5 Å². The zero-order chi connectivity index (χ0) is 15.7. The molecule has 3 rings (SSSR count). The molecule has 0 bridgehead atoms. The first kappa shape index (κ1) is 15.6. The molecule has 2 fully saturated rings. The molecule has 0 aromatic heterocycles. The van der Waals surface area contributed by atoms with Crippen molar-refractivity contribution in [1.82, 2.24) is 9.80 Å². The van der Waals surface area contributed by atoms with Crippen LogP contribution in [0.25, 0.3) is 0 Å². The summed E-state index contributed by atoms with van der Waals surface area (Å²) in [5.74, 6) is -0.155. The van der Waals surface area contributed by atoms with E-state index in [0.717, 1.165) is 25.9 Å². The topological polar surface area (TPSA) is 40.6 Å². The van der Waals surface area contributed by atoms with E-state index in [2.05, 4.69) is 0 Å². The highest BCUT2D eigenvalue weighted by atomic mass is 35.5. The van der Waals surface area contributed by atoms with Crippen LogP contribution in [0.5, 0.6) is 0 Å². The third-order valence-corrected chi connectivity index (χ3v) is 5.25. The highest BCUT2D eigenvalue weighted by Crippen LogP contribution is 2.27. The van der Waals surface area contributed by atoms with Gasteiger partial charge in [0.15, 0.2) is 0 Å². The van der Waals surface area contributed by atoms with Gasteiger partial charge in [0, 0.05) is 23.9 Å². The van der Waals surface area contributed by atoms with Gasteiger partial charge in [0.2, 0.25) is 5.91 Å². The van der Waals surface area contributed by atoms with Crippen molar-refractivity contribution in [2.45, 2.75) is 18.9 Å². The summed E-state index contributed by atoms with van der Waals surface area (Å²) in [7, 11) is 0. The van der Waals surface area contributed by atoms with E-state index < -0.39 is 17.8 Å². The fraction of sp³-hybridized carbons (Fsp3) is 0.467. The molecule has 0 N–H and O–H groups in total. The molecule has 0 unspecified atom stereocenters. The molecule has 22 heavy (non-hydrogen) atoms. The molecule has 1 aromatic carbocycles. The number of carbonyl (C=O) groups is 2. The Morgan fingerprint density at radius 1 is 1.27 bits per heavy atom. The first-order chi connectivity index (χ1) is 10.6. The van der Waals surface area contributed by atoms with E-state index in [1.165, 1.54) is 34.9 Å². The number of likely N-dealkylation sites (tertiary alicyclic amines) is 1. The van der Waals surface area contributed by atoms with E-state index in [1.807, 2.05) is 0 Å². The zero-order valence-electron chi connectivity index (χ0n) is 11.9. The van der Waals surface area contributed by atoms with Gasteiger partial charge in [-0.15, -0.1) is 11.8 Å². The summed E-state index contributed by atoms with van der Waals surface area (Å²) < 4.78 is 13.9. The van der Waals surface area contributed by atoms with Gasteiger partial charge in [0.05, 0.1) is 11.4 Å². The molecule has 0 aliphatic carbocycles. The minimum atomic E-state index is -0.612. The van der Waals surface area contributed by atoms with Crippen molar-refractivity contribution < 1.29 is 14.0 Å². The molecule has 1 aromatic rings. The number of thioether (sulfide) groups is 1. The quantitative estimate of drug-likeness (QED) is 0.829. The van der Waals surface area contributed by atoms with E-state index in [1.54, 1.807) is 4.90 Å². The van der Waals surface area contributed by atoms with Crippen LogP contribution in [-0.2, 0) is 4.79 Å². The van der Waals surface area contributed by atoms with Crippen LogP contribution in [-0.4, -0.2) is 52.4 Å². The molecular weight excluding hydrogens is 327 g/mol. The predicted molar refractivity (Wildman–Crippen MR) is 84.5 cm³/mol. The van der Waals surface area contributed by atoms with Crippen LogP contribution >= 0.6 is 23.4 Å². The van der Waals surface area contributed by atoms with Crippen LogP contribution in [0.1, 0.15) is 23.2 Å². The van der Waals surface area contributed by atoms with Gasteiger partial charge in [-0.2, -0.15) is 0 Å². The van der Waals surface area contributed by atoms with Gasteiger partial charge in [-0.1, -0.05) is 11.6 Å². The van der Waals surface area contributed by atoms with Crippen molar-refractivity contribution in [1.29, 1.82) is 0 Å². The normalized spacial score (nSPS) is 21.5. The number of rotatable bonds is 2. The summed E-state index contributed by atoms with van der Waals surface area (Å²) in [5.41, 5.74) is -0.0748. The van der Waals surface area contributed by atoms with Gasteiger partial charge in [0.1, 0.15) is 11.9 Å². The first-order valence-electron chi connectivity index (χ1n) is 7.20. The predicted octanol–water partition coefficient (Wildman–Crippen LogP) is 2.62. The summed E-state index contributed by atoms with van der Waals surface area (Å²) in [6, 6.07) is 3.39. The molecule has 2 aliphatic heterocycles. The monoisotopic (exact) mass is 342 g/mol.